The SMILES string of the molecule is O=C([O-])c1cccc(-c2ccc(/C=N/NC(=O)c3ccncc3)o2)c1. The van der Waals surface area contributed by atoms with Gasteiger partial charge in [-0.15, -0.1) is 0 Å². The fourth-order valence-corrected chi connectivity index (χ4v) is 2.10. The van der Waals surface area contributed by atoms with Crippen LogP contribution in [0.3, 0.4) is 0 Å². The number of rotatable bonds is 5. The molecule has 124 valence electrons. The van der Waals surface area contributed by atoms with Gasteiger partial charge in [0, 0.05) is 23.5 Å². The number of nitrogens with one attached hydrogen (secondary N) is 1. The molecule has 1 N–H and O–H groups in total. The van der Waals surface area contributed by atoms with Crippen molar-refractivity contribution in [3.05, 3.63) is 77.8 Å². The van der Waals surface area contributed by atoms with E-state index in [2.05, 4.69) is 15.5 Å². The Balaban J connectivity index is 1.68. The molecule has 0 aliphatic rings. The van der Waals surface area contributed by atoms with E-state index < -0.39 is 5.97 Å². The van der Waals surface area contributed by atoms with Crippen molar-refractivity contribution < 1.29 is 19.1 Å². The van der Waals surface area contributed by atoms with Crippen LogP contribution in [0.25, 0.3) is 11.3 Å². The van der Waals surface area contributed by atoms with Crippen molar-refractivity contribution in [3.8, 4) is 11.3 Å². The number of benzene rings is 1. The summed E-state index contributed by atoms with van der Waals surface area (Å²) in [6.07, 6.45) is 4.38. The van der Waals surface area contributed by atoms with Gasteiger partial charge in [0.05, 0.1) is 12.2 Å². The van der Waals surface area contributed by atoms with Gasteiger partial charge in [0.15, 0.2) is 0 Å². The van der Waals surface area contributed by atoms with Crippen molar-refractivity contribution in [1.29, 1.82) is 0 Å². The van der Waals surface area contributed by atoms with E-state index in [9.17, 15) is 14.7 Å². The monoisotopic (exact) mass is 334 g/mol. The van der Waals surface area contributed by atoms with Gasteiger partial charge in [-0.3, -0.25) is 9.78 Å². The quantitative estimate of drug-likeness (QED) is 0.561. The second-order valence-corrected chi connectivity index (χ2v) is 5.01. The summed E-state index contributed by atoms with van der Waals surface area (Å²) in [6.45, 7) is 0. The number of hydrogen-bond donors (Lipinski definition) is 1. The Bertz CT molecular complexity index is 932. The molecule has 1 aromatic carbocycles. The van der Waals surface area contributed by atoms with Crippen molar-refractivity contribution in [3.63, 3.8) is 0 Å². The summed E-state index contributed by atoms with van der Waals surface area (Å²) in [6, 6.07) is 12.7. The molecule has 1 amide bonds. The van der Waals surface area contributed by atoms with Gasteiger partial charge in [0.25, 0.3) is 5.91 Å². The Morgan fingerprint density at radius 1 is 1.08 bits per heavy atom. The van der Waals surface area contributed by atoms with Gasteiger partial charge >= 0.3 is 0 Å². The summed E-state index contributed by atoms with van der Waals surface area (Å²) in [4.78, 5) is 26.6. The highest BCUT2D eigenvalue weighted by Gasteiger charge is 2.06. The number of carbonyl (C=O) groups is 2. The van der Waals surface area contributed by atoms with Crippen molar-refractivity contribution in [2.24, 2.45) is 5.10 Å². The van der Waals surface area contributed by atoms with Gasteiger partial charge in [-0.05, 0) is 35.9 Å². The molecular formula is C18H12N3O4-. The maximum atomic E-state index is 11.8. The highest BCUT2D eigenvalue weighted by Crippen LogP contribution is 2.22. The third-order valence-corrected chi connectivity index (χ3v) is 3.31. The van der Waals surface area contributed by atoms with Gasteiger partial charge < -0.3 is 14.3 Å². The molecule has 0 unspecified atom stereocenters. The Morgan fingerprint density at radius 2 is 1.88 bits per heavy atom. The van der Waals surface area contributed by atoms with Crippen LogP contribution in [0.1, 0.15) is 26.5 Å². The summed E-state index contributed by atoms with van der Waals surface area (Å²) in [7, 11) is 0. The fraction of sp³-hybridized carbons (Fsp3) is 0. The van der Waals surface area contributed by atoms with E-state index in [1.54, 1.807) is 36.4 Å². The van der Waals surface area contributed by atoms with Crippen molar-refractivity contribution >= 4 is 18.1 Å². The molecule has 0 fully saturated rings. The number of carboxylic acid groups (broad SMARTS) is 1. The van der Waals surface area contributed by atoms with E-state index in [4.69, 9.17) is 4.42 Å². The van der Waals surface area contributed by atoms with Crippen LogP contribution in [-0.4, -0.2) is 23.1 Å². The lowest BCUT2D eigenvalue weighted by Crippen LogP contribution is -2.22. The van der Waals surface area contributed by atoms with Gasteiger partial charge in [0.2, 0.25) is 0 Å². The highest BCUT2D eigenvalue weighted by atomic mass is 16.4. The summed E-state index contributed by atoms with van der Waals surface area (Å²) >= 11 is 0. The molecule has 0 aliphatic heterocycles. The number of hydrazone groups is 1. The minimum absolute atomic E-state index is 0.0636. The second-order valence-electron chi connectivity index (χ2n) is 5.01. The smallest absolute Gasteiger partial charge is 0.271 e. The Morgan fingerprint density at radius 3 is 2.64 bits per heavy atom. The van der Waals surface area contributed by atoms with Crippen LogP contribution in [0, 0.1) is 0 Å². The second kappa shape index (κ2) is 7.22. The van der Waals surface area contributed by atoms with Crippen LogP contribution in [0.5, 0.6) is 0 Å². The molecule has 7 nitrogen and oxygen atoms in total. The standard InChI is InChI=1S/C18H13N3O4/c22-17(12-6-8-19-9-7-12)21-20-11-15-4-5-16(25-15)13-2-1-3-14(10-13)18(23)24/h1-11H,(H,21,22)(H,23,24)/p-1/b20-11+. The molecule has 3 aromatic rings. The number of pyridine rings is 1. The van der Waals surface area contributed by atoms with E-state index in [1.807, 2.05) is 0 Å². The topological polar surface area (TPSA) is 108 Å². The number of aromatic carboxylic acids is 1. The number of aromatic nitrogens is 1. The average Bonchev–Trinajstić information content (AvgIpc) is 3.11. The average molecular weight is 334 g/mol. The first kappa shape index (κ1) is 16.1. The zero-order chi connectivity index (χ0) is 17.6. The Hall–Kier alpha value is -3.74. The molecule has 2 aromatic heterocycles. The highest BCUT2D eigenvalue weighted by molar-refractivity contribution is 5.94. The summed E-state index contributed by atoms with van der Waals surface area (Å²) in [5.41, 5.74) is 3.48. The van der Waals surface area contributed by atoms with E-state index in [1.165, 1.54) is 30.7 Å². The van der Waals surface area contributed by atoms with Crippen molar-refractivity contribution in [2.45, 2.75) is 0 Å². The van der Waals surface area contributed by atoms with Crippen LogP contribution in [-0.2, 0) is 0 Å². The lowest BCUT2D eigenvalue weighted by Gasteiger charge is -2.03. The van der Waals surface area contributed by atoms with Crippen molar-refractivity contribution in [1.82, 2.24) is 10.4 Å². The summed E-state index contributed by atoms with van der Waals surface area (Å²) in [5, 5.41) is 14.7. The first-order valence-corrected chi connectivity index (χ1v) is 7.28. The van der Waals surface area contributed by atoms with Crippen LogP contribution < -0.4 is 10.5 Å². The number of amides is 1. The largest absolute Gasteiger partial charge is 0.545 e. The zero-order valence-corrected chi connectivity index (χ0v) is 12.9. The molecule has 0 bridgehead atoms. The van der Waals surface area contributed by atoms with Gasteiger partial charge in [-0.1, -0.05) is 18.2 Å². The summed E-state index contributed by atoms with van der Waals surface area (Å²) in [5.74, 6) is -0.741. The third kappa shape index (κ3) is 3.97. The maximum Gasteiger partial charge on any atom is 0.271 e. The molecule has 7 heteroatoms. The lowest BCUT2D eigenvalue weighted by molar-refractivity contribution is -0.255. The van der Waals surface area contributed by atoms with Gasteiger partial charge in [-0.2, -0.15) is 5.10 Å². The molecule has 0 aliphatic carbocycles. The third-order valence-electron chi connectivity index (χ3n) is 3.31. The number of carbonyl (C=O) groups excluding carboxylic acids is 2. The molecule has 0 spiro atoms. The van der Waals surface area contributed by atoms with E-state index in [0.717, 1.165) is 0 Å². The minimum Gasteiger partial charge on any atom is -0.545 e. The fourth-order valence-electron chi connectivity index (χ4n) is 2.10. The molecule has 0 radical (unpaired) electrons. The van der Waals surface area contributed by atoms with Crippen LogP contribution in [0.15, 0.2) is 70.4 Å². The first-order chi connectivity index (χ1) is 12.1. The Labute approximate surface area is 142 Å². The molecule has 2 heterocycles. The molecule has 25 heavy (non-hydrogen) atoms. The van der Waals surface area contributed by atoms with Gasteiger partial charge in [-0.25, -0.2) is 5.43 Å². The Kier molecular flexibility index (Phi) is 4.66. The zero-order valence-electron chi connectivity index (χ0n) is 12.9. The normalized spacial score (nSPS) is 10.7. The molecule has 0 saturated heterocycles. The lowest BCUT2D eigenvalue weighted by atomic mass is 10.1. The summed E-state index contributed by atoms with van der Waals surface area (Å²) < 4.78 is 5.57. The number of hydrogen-bond acceptors (Lipinski definition) is 6. The van der Waals surface area contributed by atoms with Crippen LogP contribution in [0.4, 0.5) is 0 Å². The van der Waals surface area contributed by atoms with E-state index >= 15 is 0 Å². The van der Waals surface area contributed by atoms with Crippen LogP contribution in [0.2, 0.25) is 0 Å². The van der Waals surface area contributed by atoms with E-state index in [-0.39, 0.29) is 11.5 Å². The first-order valence-electron chi connectivity index (χ1n) is 7.28. The van der Waals surface area contributed by atoms with Gasteiger partial charge in [0.1, 0.15) is 11.5 Å². The molecular weight excluding hydrogens is 322 g/mol. The molecule has 0 saturated carbocycles. The van der Waals surface area contributed by atoms with E-state index in [0.29, 0.717) is 22.6 Å². The number of furan rings is 1. The van der Waals surface area contributed by atoms with Crippen molar-refractivity contribution in [2.75, 3.05) is 0 Å². The predicted octanol–water partition coefficient (Wildman–Crippen LogP) is 1.47. The predicted molar refractivity (Wildman–Crippen MR) is 87.8 cm³/mol. The maximum absolute atomic E-state index is 11.8. The molecule has 3 rings (SSSR count). The molecule has 0 atom stereocenters. The van der Waals surface area contributed by atoms with Crippen LogP contribution >= 0.6 is 0 Å². The number of carboxylic acids is 1. The minimum atomic E-state index is -1.26. The number of nitrogens with zero attached hydrogens (tertiary/aromatic N) is 2.